The van der Waals surface area contributed by atoms with Crippen LogP contribution in [0.5, 0.6) is 0 Å². The van der Waals surface area contributed by atoms with Crippen LogP contribution in [0.15, 0.2) is 5.10 Å². The Morgan fingerprint density at radius 3 is 2.75 bits per heavy atom. The molecular formula is C7H12N3O2. The number of hydrogen-bond acceptors (Lipinski definition) is 3. The smallest absolute Gasteiger partial charge is 0.365 e. The van der Waals surface area contributed by atoms with E-state index in [1.807, 2.05) is 6.92 Å². The Labute approximate surface area is 71.1 Å². The van der Waals surface area contributed by atoms with Crippen LogP contribution in [-0.2, 0) is 0 Å². The van der Waals surface area contributed by atoms with Crippen molar-refractivity contribution in [3.05, 3.63) is 0 Å². The third kappa shape index (κ3) is 1.55. The van der Waals surface area contributed by atoms with Crippen molar-refractivity contribution in [3.8, 4) is 0 Å². The molecule has 0 aromatic rings. The standard InChI is InChI=1S/C7H12N3O2/c1-3-6(5(2)11)10-7(12)8-4-9-10/h4-6,11H,3H2,1-2H3. The average molecular weight is 170 g/mol. The van der Waals surface area contributed by atoms with Crippen LogP contribution in [0, 0.1) is 0 Å². The number of hydrogen-bond donors (Lipinski definition) is 1. The SMILES string of the molecule is CCC(C(C)O)N1N=C[N]C1=O. The highest BCUT2D eigenvalue weighted by Gasteiger charge is 2.29. The molecule has 2 atom stereocenters. The van der Waals surface area contributed by atoms with E-state index in [1.54, 1.807) is 6.92 Å². The summed E-state index contributed by atoms with van der Waals surface area (Å²) in [7, 11) is 0. The van der Waals surface area contributed by atoms with Gasteiger partial charge >= 0.3 is 6.03 Å². The topological polar surface area (TPSA) is 67.0 Å². The molecule has 1 radical (unpaired) electrons. The van der Waals surface area contributed by atoms with E-state index >= 15 is 0 Å². The molecule has 0 saturated heterocycles. The number of hydrazone groups is 1. The Bertz CT molecular complexity index is 203. The molecule has 0 spiro atoms. The lowest BCUT2D eigenvalue weighted by molar-refractivity contribution is 0.0820. The van der Waals surface area contributed by atoms with Gasteiger partial charge in [-0.15, -0.1) is 0 Å². The summed E-state index contributed by atoms with van der Waals surface area (Å²) in [5.41, 5.74) is 0. The van der Waals surface area contributed by atoms with Gasteiger partial charge in [-0.3, -0.25) is 0 Å². The summed E-state index contributed by atoms with van der Waals surface area (Å²) in [5, 5.41) is 17.7. The van der Waals surface area contributed by atoms with Gasteiger partial charge in [-0.1, -0.05) is 6.92 Å². The minimum Gasteiger partial charge on any atom is -0.391 e. The van der Waals surface area contributed by atoms with E-state index in [0.717, 1.165) is 0 Å². The lowest BCUT2D eigenvalue weighted by atomic mass is 10.1. The number of aliphatic hydroxyl groups is 1. The predicted octanol–water partition coefficient (Wildman–Crippen LogP) is 0.129. The van der Waals surface area contributed by atoms with E-state index in [2.05, 4.69) is 10.4 Å². The summed E-state index contributed by atoms with van der Waals surface area (Å²) in [5.74, 6) is 0. The second kappa shape index (κ2) is 3.53. The van der Waals surface area contributed by atoms with Crippen LogP contribution in [0.3, 0.4) is 0 Å². The molecule has 5 nitrogen and oxygen atoms in total. The molecule has 1 heterocycles. The molecule has 0 bridgehead atoms. The first-order valence-corrected chi connectivity index (χ1v) is 3.91. The molecule has 5 heteroatoms. The maximum atomic E-state index is 11.0. The minimum atomic E-state index is -0.579. The largest absolute Gasteiger partial charge is 0.391 e. The Morgan fingerprint density at radius 2 is 2.42 bits per heavy atom. The molecule has 0 aliphatic carbocycles. The van der Waals surface area contributed by atoms with Crippen LogP contribution in [0.2, 0.25) is 0 Å². The molecule has 0 fully saturated rings. The maximum absolute atomic E-state index is 11.0. The lowest BCUT2D eigenvalue weighted by Gasteiger charge is -2.24. The highest BCUT2D eigenvalue weighted by atomic mass is 16.3. The third-order valence-corrected chi connectivity index (χ3v) is 1.83. The molecule has 2 unspecified atom stereocenters. The van der Waals surface area contributed by atoms with Gasteiger partial charge in [0.25, 0.3) is 0 Å². The number of amides is 2. The quantitative estimate of drug-likeness (QED) is 0.654. The zero-order valence-corrected chi connectivity index (χ0v) is 7.14. The van der Waals surface area contributed by atoms with Crippen molar-refractivity contribution in [2.75, 3.05) is 0 Å². The van der Waals surface area contributed by atoms with Gasteiger partial charge in [0.05, 0.1) is 12.1 Å². The van der Waals surface area contributed by atoms with Gasteiger partial charge in [0.2, 0.25) is 0 Å². The van der Waals surface area contributed by atoms with E-state index in [1.165, 1.54) is 11.3 Å². The average Bonchev–Trinajstić information content (AvgIpc) is 2.38. The van der Waals surface area contributed by atoms with Crippen molar-refractivity contribution in [1.29, 1.82) is 0 Å². The van der Waals surface area contributed by atoms with Crippen LogP contribution >= 0.6 is 0 Å². The number of urea groups is 1. The molecule has 0 saturated carbocycles. The van der Waals surface area contributed by atoms with Crippen molar-refractivity contribution in [2.45, 2.75) is 32.4 Å². The summed E-state index contributed by atoms with van der Waals surface area (Å²) in [6, 6.07) is -0.664. The molecule has 67 valence electrons. The molecule has 0 aromatic carbocycles. The monoisotopic (exact) mass is 170 g/mol. The number of aliphatic hydroxyl groups excluding tert-OH is 1. The molecule has 1 aliphatic rings. The van der Waals surface area contributed by atoms with E-state index in [9.17, 15) is 9.90 Å². The van der Waals surface area contributed by atoms with Crippen LogP contribution in [-0.4, -0.2) is 34.6 Å². The van der Waals surface area contributed by atoms with E-state index in [0.29, 0.717) is 6.42 Å². The minimum absolute atomic E-state index is 0.264. The highest BCUT2D eigenvalue weighted by molar-refractivity contribution is 5.90. The second-order valence-electron chi connectivity index (χ2n) is 2.70. The van der Waals surface area contributed by atoms with E-state index < -0.39 is 12.1 Å². The fraction of sp³-hybridized carbons (Fsp3) is 0.714. The molecule has 0 aromatic heterocycles. The summed E-state index contributed by atoms with van der Waals surface area (Å²) in [6.45, 7) is 3.52. The zero-order chi connectivity index (χ0) is 9.14. The van der Waals surface area contributed by atoms with Gasteiger partial charge in [-0.2, -0.15) is 10.4 Å². The first-order valence-electron chi connectivity index (χ1n) is 3.91. The van der Waals surface area contributed by atoms with Crippen LogP contribution < -0.4 is 5.32 Å². The van der Waals surface area contributed by atoms with Gasteiger partial charge in [0.15, 0.2) is 0 Å². The van der Waals surface area contributed by atoms with Crippen LogP contribution in [0.4, 0.5) is 4.79 Å². The van der Waals surface area contributed by atoms with Crippen LogP contribution in [0.1, 0.15) is 20.3 Å². The Hall–Kier alpha value is -1.10. The van der Waals surface area contributed by atoms with Crippen molar-refractivity contribution < 1.29 is 9.90 Å². The molecular weight excluding hydrogens is 158 g/mol. The first-order chi connectivity index (χ1) is 5.66. The van der Waals surface area contributed by atoms with Crippen molar-refractivity contribution >= 4 is 12.4 Å². The number of carbonyl (C=O) groups excluding carboxylic acids is 1. The Morgan fingerprint density at radius 1 is 1.75 bits per heavy atom. The normalized spacial score (nSPS) is 20.9. The molecule has 1 N–H and O–H groups in total. The van der Waals surface area contributed by atoms with Crippen LogP contribution in [0.25, 0.3) is 0 Å². The zero-order valence-electron chi connectivity index (χ0n) is 7.14. The summed E-state index contributed by atoms with van der Waals surface area (Å²) < 4.78 is 0. The Balaban J connectivity index is 2.65. The van der Waals surface area contributed by atoms with E-state index in [4.69, 9.17) is 0 Å². The van der Waals surface area contributed by atoms with Crippen molar-refractivity contribution in [3.63, 3.8) is 0 Å². The van der Waals surface area contributed by atoms with Gasteiger partial charge in [0.1, 0.15) is 6.34 Å². The van der Waals surface area contributed by atoms with Gasteiger partial charge in [0, 0.05) is 0 Å². The maximum Gasteiger partial charge on any atom is 0.365 e. The third-order valence-electron chi connectivity index (χ3n) is 1.83. The van der Waals surface area contributed by atoms with Gasteiger partial charge < -0.3 is 5.11 Å². The lowest BCUT2D eigenvalue weighted by Crippen LogP contribution is -2.41. The number of rotatable bonds is 3. The van der Waals surface area contributed by atoms with Gasteiger partial charge in [-0.25, -0.2) is 9.80 Å². The second-order valence-corrected chi connectivity index (χ2v) is 2.70. The Kier molecular flexibility index (Phi) is 2.65. The molecule has 2 amide bonds. The summed E-state index contributed by atoms with van der Waals surface area (Å²) in [6.07, 6.45) is 1.29. The summed E-state index contributed by atoms with van der Waals surface area (Å²) >= 11 is 0. The molecule has 12 heavy (non-hydrogen) atoms. The van der Waals surface area contributed by atoms with E-state index in [-0.39, 0.29) is 6.04 Å². The highest BCUT2D eigenvalue weighted by Crippen LogP contribution is 2.12. The van der Waals surface area contributed by atoms with Crippen molar-refractivity contribution in [1.82, 2.24) is 10.3 Å². The predicted molar refractivity (Wildman–Crippen MR) is 43.6 cm³/mol. The van der Waals surface area contributed by atoms with Crippen molar-refractivity contribution in [2.24, 2.45) is 5.10 Å². The molecule has 1 rings (SSSR count). The number of nitrogens with zero attached hydrogens (tertiary/aromatic N) is 3. The summed E-state index contributed by atoms with van der Waals surface area (Å²) in [4.78, 5) is 11.0. The number of carbonyl (C=O) groups is 1. The van der Waals surface area contributed by atoms with Gasteiger partial charge in [-0.05, 0) is 13.3 Å². The molecule has 1 aliphatic heterocycles. The fourth-order valence-electron chi connectivity index (χ4n) is 1.19. The fourth-order valence-corrected chi connectivity index (χ4v) is 1.19. The first kappa shape index (κ1) is 8.99.